The smallest absolute Gasteiger partial charge is 0.284 e. The number of hydrogen-bond acceptors (Lipinski definition) is 6. The molecule has 1 N–H and O–H groups in total. The molecule has 6 nitrogen and oxygen atoms in total. The molecule has 0 aromatic carbocycles. The Labute approximate surface area is 134 Å². The summed E-state index contributed by atoms with van der Waals surface area (Å²) in [5.74, 6) is 1.08. The van der Waals surface area contributed by atoms with Crippen LogP contribution >= 0.6 is 11.8 Å². The Kier molecular flexibility index (Phi) is 6.51. The average molecular weight is 323 g/mol. The van der Waals surface area contributed by atoms with Crippen LogP contribution in [-0.2, 0) is 4.79 Å². The van der Waals surface area contributed by atoms with Crippen LogP contribution in [0.1, 0.15) is 39.5 Å². The molecule has 0 aliphatic heterocycles. The highest BCUT2D eigenvalue weighted by Gasteiger charge is 2.13. The fourth-order valence-corrected chi connectivity index (χ4v) is 2.56. The first-order valence-electron chi connectivity index (χ1n) is 7.48. The minimum Gasteiger partial charge on any atom is -0.459 e. The molecule has 0 aliphatic rings. The van der Waals surface area contributed by atoms with Crippen molar-refractivity contribution in [3.05, 3.63) is 18.4 Å². The summed E-state index contributed by atoms with van der Waals surface area (Å²) in [7, 11) is 0. The first-order valence-corrected chi connectivity index (χ1v) is 8.47. The predicted octanol–water partition coefficient (Wildman–Crippen LogP) is 3.51. The first-order chi connectivity index (χ1) is 10.7. The molecule has 0 spiro atoms. The van der Waals surface area contributed by atoms with Crippen molar-refractivity contribution in [2.45, 2.75) is 50.8 Å². The molecule has 2 aromatic heterocycles. The van der Waals surface area contributed by atoms with Gasteiger partial charge < -0.3 is 14.2 Å². The summed E-state index contributed by atoms with van der Waals surface area (Å²) in [6.45, 7) is 4.20. The number of amides is 1. The fourth-order valence-electron chi connectivity index (χ4n) is 1.98. The normalized spacial score (nSPS) is 12.3. The van der Waals surface area contributed by atoms with E-state index in [1.165, 1.54) is 24.6 Å². The Balaban J connectivity index is 1.72. The van der Waals surface area contributed by atoms with Crippen molar-refractivity contribution in [3.63, 3.8) is 0 Å². The minimum absolute atomic E-state index is 0.0215. The molecule has 2 aromatic rings. The van der Waals surface area contributed by atoms with Crippen LogP contribution in [0, 0.1) is 0 Å². The number of hydrogen-bond donors (Lipinski definition) is 1. The summed E-state index contributed by atoms with van der Waals surface area (Å²) >= 11 is 1.22. The van der Waals surface area contributed by atoms with E-state index in [-0.39, 0.29) is 17.7 Å². The van der Waals surface area contributed by atoms with E-state index < -0.39 is 0 Å². The lowest BCUT2D eigenvalue weighted by atomic mass is 10.1. The van der Waals surface area contributed by atoms with Crippen molar-refractivity contribution in [2.24, 2.45) is 0 Å². The Morgan fingerprint density at radius 3 is 3.00 bits per heavy atom. The molecule has 0 saturated heterocycles. The molecule has 0 radical (unpaired) electrons. The zero-order chi connectivity index (χ0) is 15.8. The van der Waals surface area contributed by atoms with Gasteiger partial charge in [0.15, 0.2) is 5.76 Å². The van der Waals surface area contributed by atoms with Crippen molar-refractivity contribution >= 4 is 17.7 Å². The maximum Gasteiger partial charge on any atom is 0.284 e. The van der Waals surface area contributed by atoms with Gasteiger partial charge in [0.1, 0.15) is 0 Å². The summed E-state index contributed by atoms with van der Waals surface area (Å²) in [6, 6.07) is 3.69. The van der Waals surface area contributed by atoms with Crippen molar-refractivity contribution in [2.75, 3.05) is 5.75 Å². The van der Waals surface area contributed by atoms with Crippen molar-refractivity contribution < 1.29 is 13.6 Å². The molecule has 1 amide bonds. The third kappa shape index (κ3) is 5.22. The van der Waals surface area contributed by atoms with Gasteiger partial charge in [-0.15, -0.1) is 10.2 Å². The number of nitrogens with one attached hydrogen (secondary N) is 1. The lowest BCUT2D eigenvalue weighted by Crippen LogP contribution is -2.33. The Bertz CT molecular complexity index is 568. The van der Waals surface area contributed by atoms with Gasteiger partial charge in [0.05, 0.1) is 12.0 Å². The Hall–Kier alpha value is -1.76. The lowest BCUT2D eigenvalue weighted by Gasteiger charge is -2.12. The summed E-state index contributed by atoms with van der Waals surface area (Å²) in [6.07, 6.45) is 6.08. The van der Waals surface area contributed by atoms with Gasteiger partial charge in [-0.2, -0.15) is 0 Å². The quantitative estimate of drug-likeness (QED) is 0.562. The van der Waals surface area contributed by atoms with Crippen molar-refractivity contribution in [3.8, 4) is 11.7 Å². The molecule has 1 unspecified atom stereocenters. The van der Waals surface area contributed by atoms with Crippen LogP contribution < -0.4 is 5.32 Å². The highest BCUT2D eigenvalue weighted by molar-refractivity contribution is 7.99. The highest BCUT2D eigenvalue weighted by Crippen LogP contribution is 2.23. The van der Waals surface area contributed by atoms with Gasteiger partial charge in [-0.3, -0.25) is 4.79 Å². The van der Waals surface area contributed by atoms with E-state index in [1.54, 1.807) is 18.4 Å². The number of aromatic nitrogens is 2. The molecule has 22 heavy (non-hydrogen) atoms. The van der Waals surface area contributed by atoms with Crippen LogP contribution in [0.25, 0.3) is 11.7 Å². The van der Waals surface area contributed by atoms with E-state index in [0.717, 1.165) is 12.8 Å². The number of carbonyl (C=O) groups is 1. The van der Waals surface area contributed by atoms with Crippen molar-refractivity contribution in [1.29, 1.82) is 0 Å². The molecule has 0 bridgehead atoms. The van der Waals surface area contributed by atoms with E-state index in [4.69, 9.17) is 8.83 Å². The maximum atomic E-state index is 11.9. The zero-order valence-corrected chi connectivity index (χ0v) is 13.7. The van der Waals surface area contributed by atoms with E-state index in [0.29, 0.717) is 16.9 Å². The van der Waals surface area contributed by atoms with Gasteiger partial charge in [-0.05, 0) is 25.5 Å². The van der Waals surface area contributed by atoms with Gasteiger partial charge >= 0.3 is 0 Å². The zero-order valence-electron chi connectivity index (χ0n) is 12.9. The van der Waals surface area contributed by atoms with E-state index in [9.17, 15) is 4.79 Å². The predicted molar refractivity (Wildman–Crippen MR) is 84.5 cm³/mol. The van der Waals surface area contributed by atoms with E-state index in [2.05, 4.69) is 22.4 Å². The molecular weight excluding hydrogens is 302 g/mol. The largest absolute Gasteiger partial charge is 0.459 e. The highest BCUT2D eigenvalue weighted by atomic mass is 32.2. The van der Waals surface area contributed by atoms with Crippen LogP contribution in [0.4, 0.5) is 0 Å². The monoisotopic (exact) mass is 323 g/mol. The summed E-state index contributed by atoms with van der Waals surface area (Å²) in [5, 5.41) is 11.1. The fraction of sp³-hybridized carbons (Fsp3) is 0.533. The molecule has 120 valence electrons. The van der Waals surface area contributed by atoms with Gasteiger partial charge in [0.25, 0.3) is 11.1 Å². The molecular formula is C15H21N3O3S. The molecule has 2 rings (SSSR count). The number of nitrogens with zero attached hydrogens (tertiary/aromatic N) is 2. The third-order valence-electron chi connectivity index (χ3n) is 3.11. The van der Waals surface area contributed by atoms with Gasteiger partial charge in [-0.1, -0.05) is 37.9 Å². The number of thioether (sulfide) groups is 1. The molecule has 0 fully saturated rings. The maximum absolute atomic E-state index is 11.9. The molecule has 7 heteroatoms. The SMILES string of the molecule is CCCCCC(C)NC(=O)CSc1nnc(-c2ccco2)o1. The van der Waals surface area contributed by atoms with Crippen molar-refractivity contribution in [1.82, 2.24) is 15.5 Å². The van der Waals surface area contributed by atoms with Crippen LogP contribution in [0.15, 0.2) is 32.5 Å². The van der Waals surface area contributed by atoms with E-state index in [1.807, 2.05) is 6.92 Å². The molecule has 1 atom stereocenters. The summed E-state index contributed by atoms with van der Waals surface area (Å²) in [5.41, 5.74) is 0. The minimum atomic E-state index is -0.0215. The second kappa shape index (κ2) is 8.63. The van der Waals surface area contributed by atoms with Crippen LogP contribution in [0.3, 0.4) is 0 Å². The molecule has 0 saturated carbocycles. The van der Waals surface area contributed by atoms with Crippen LogP contribution in [0.2, 0.25) is 0 Å². The summed E-state index contributed by atoms with van der Waals surface area (Å²) in [4.78, 5) is 11.9. The average Bonchev–Trinajstić information content (AvgIpc) is 3.16. The Morgan fingerprint density at radius 2 is 2.27 bits per heavy atom. The first kappa shape index (κ1) is 16.6. The Morgan fingerprint density at radius 1 is 1.41 bits per heavy atom. The van der Waals surface area contributed by atoms with Gasteiger partial charge in [0, 0.05) is 6.04 Å². The molecule has 2 heterocycles. The van der Waals surface area contributed by atoms with Crippen LogP contribution in [-0.4, -0.2) is 27.9 Å². The van der Waals surface area contributed by atoms with E-state index >= 15 is 0 Å². The van der Waals surface area contributed by atoms with Gasteiger partial charge in [0.2, 0.25) is 5.91 Å². The number of carbonyl (C=O) groups excluding carboxylic acids is 1. The van der Waals surface area contributed by atoms with Crippen LogP contribution in [0.5, 0.6) is 0 Å². The number of rotatable bonds is 9. The van der Waals surface area contributed by atoms with Gasteiger partial charge in [-0.25, -0.2) is 0 Å². The second-order valence-electron chi connectivity index (χ2n) is 5.10. The standard InChI is InChI=1S/C15H21N3O3S/c1-3-4-5-7-11(2)16-13(19)10-22-15-18-17-14(21-15)12-8-6-9-20-12/h6,8-9,11H,3-5,7,10H2,1-2H3,(H,16,19). The lowest BCUT2D eigenvalue weighted by molar-refractivity contribution is -0.119. The third-order valence-corrected chi connectivity index (χ3v) is 3.93. The topological polar surface area (TPSA) is 81.2 Å². The summed E-state index contributed by atoms with van der Waals surface area (Å²) < 4.78 is 10.6. The number of furan rings is 1. The molecule has 0 aliphatic carbocycles. The number of unbranched alkanes of at least 4 members (excludes halogenated alkanes) is 2. The second-order valence-corrected chi connectivity index (χ2v) is 6.03.